The molecule has 2 saturated heterocycles. The number of oxazole rings is 2. The number of fused-ring (bicyclic) bond motifs is 2. The van der Waals surface area contributed by atoms with Crippen molar-refractivity contribution in [3.05, 3.63) is 60.7 Å². The fourth-order valence-corrected chi connectivity index (χ4v) is 4.73. The second kappa shape index (κ2) is 13.8. The fourth-order valence-electron chi connectivity index (χ4n) is 4.73. The van der Waals surface area contributed by atoms with Crippen LogP contribution in [0, 0.1) is 0 Å². The molecule has 0 radical (unpaired) electrons. The highest BCUT2D eigenvalue weighted by Gasteiger charge is 2.22. The van der Waals surface area contributed by atoms with Gasteiger partial charge in [0.15, 0.2) is 11.2 Å². The Kier molecular flexibility index (Phi) is 9.01. The van der Waals surface area contributed by atoms with Crippen LogP contribution in [0.2, 0.25) is 0 Å². The van der Waals surface area contributed by atoms with E-state index in [-0.39, 0.29) is 0 Å². The zero-order chi connectivity index (χ0) is 29.6. The summed E-state index contributed by atoms with van der Waals surface area (Å²) in [5.74, 6) is 2.69. The molecule has 2 aromatic heterocycles. The fraction of sp³-hybridized carbons (Fsp3) is 0.412. The van der Waals surface area contributed by atoms with E-state index in [0.29, 0.717) is 61.6 Å². The van der Waals surface area contributed by atoms with Crippen molar-refractivity contribution in [2.24, 2.45) is 0 Å². The van der Waals surface area contributed by atoms with Gasteiger partial charge in [0, 0.05) is 30.4 Å². The van der Waals surface area contributed by atoms with Crippen LogP contribution >= 0.6 is 0 Å². The molecule has 230 valence electrons. The van der Waals surface area contributed by atoms with Crippen molar-refractivity contribution in [1.29, 1.82) is 0 Å². The van der Waals surface area contributed by atoms with E-state index in [4.69, 9.17) is 47.2 Å². The van der Waals surface area contributed by atoms with E-state index >= 15 is 0 Å². The van der Waals surface area contributed by atoms with E-state index in [2.05, 4.69) is 0 Å². The third-order valence-electron chi connectivity index (χ3n) is 7.42. The first kappa shape index (κ1) is 28.8. The lowest BCUT2D eigenvalue weighted by molar-refractivity contribution is 0.110. The zero-order valence-corrected chi connectivity index (χ0v) is 24.6. The highest BCUT2D eigenvalue weighted by atomic mass is 16.6. The Hall–Kier alpha value is -3.96. The monoisotopic (exact) mass is 600 g/mol. The maximum Gasteiger partial charge on any atom is 0.227 e. The van der Waals surface area contributed by atoms with E-state index in [1.54, 1.807) is 0 Å². The van der Waals surface area contributed by atoms with Crippen molar-refractivity contribution < 1.29 is 37.3 Å². The molecule has 44 heavy (non-hydrogen) atoms. The molecule has 5 aromatic rings. The first-order chi connectivity index (χ1) is 21.8. The lowest BCUT2D eigenvalue weighted by atomic mass is 10.2. The summed E-state index contributed by atoms with van der Waals surface area (Å²) in [5.41, 5.74) is 4.46. The molecule has 3 aromatic carbocycles. The quantitative estimate of drug-likeness (QED) is 0.0821. The van der Waals surface area contributed by atoms with Crippen molar-refractivity contribution in [2.75, 3.05) is 52.9 Å². The Labute approximate surface area is 255 Å². The van der Waals surface area contributed by atoms with Crippen molar-refractivity contribution in [3.63, 3.8) is 0 Å². The largest absolute Gasteiger partial charge is 0.494 e. The number of nitrogens with zero attached hydrogens (tertiary/aromatic N) is 2. The summed E-state index contributed by atoms with van der Waals surface area (Å²) in [7, 11) is 0. The van der Waals surface area contributed by atoms with Gasteiger partial charge in [-0.1, -0.05) is 0 Å². The van der Waals surface area contributed by atoms with Gasteiger partial charge in [0.1, 0.15) is 34.7 Å². The number of hydrogen-bond acceptors (Lipinski definition) is 10. The Morgan fingerprint density at radius 2 is 1.00 bits per heavy atom. The normalized spacial score (nSPS) is 17.4. The second-order valence-corrected chi connectivity index (χ2v) is 11.0. The lowest BCUT2D eigenvalue weighted by Gasteiger charge is -2.07. The van der Waals surface area contributed by atoms with Gasteiger partial charge in [0.05, 0.1) is 39.6 Å². The van der Waals surface area contributed by atoms with Crippen LogP contribution in [-0.2, 0) is 18.9 Å². The molecule has 0 N–H and O–H groups in total. The lowest BCUT2D eigenvalue weighted by Crippen LogP contribution is -2.04. The van der Waals surface area contributed by atoms with E-state index < -0.39 is 0 Å². The van der Waals surface area contributed by atoms with Crippen LogP contribution in [0.3, 0.4) is 0 Å². The van der Waals surface area contributed by atoms with Crippen LogP contribution in [-0.4, -0.2) is 75.0 Å². The first-order valence-corrected chi connectivity index (χ1v) is 15.3. The standard InChI is InChI=1S/C34H36N2O8/c1(13-37-19-27-21-41-27)3-15-39-25-9-5-23(6-10-25)33-35-29-17-30-32(18-31(29)43-33)44-34(36-30)24-7-11-26(12-8-24)40-16-4-2-14-38-20-28-22-42-28/h5-12,17-18,27-28H,1-4,13-16,19-22H2. The Bertz CT molecular complexity index is 1470. The summed E-state index contributed by atoms with van der Waals surface area (Å²) in [6, 6.07) is 19.3. The summed E-state index contributed by atoms with van der Waals surface area (Å²) < 4.78 is 45.3. The third kappa shape index (κ3) is 7.75. The number of ether oxygens (including phenoxy) is 6. The molecule has 7 rings (SSSR count). The van der Waals surface area contributed by atoms with Crippen molar-refractivity contribution in [3.8, 4) is 34.4 Å². The summed E-state index contributed by atoms with van der Waals surface area (Å²) in [4.78, 5) is 9.39. The minimum absolute atomic E-state index is 0.316. The molecule has 0 spiro atoms. The van der Waals surface area contributed by atoms with E-state index in [9.17, 15) is 0 Å². The molecule has 2 unspecified atom stereocenters. The van der Waals surface area contributed by atoms with Crippen LogP contribution in [0.1, 0.15) is 25.7 Å². The predicted molar refractivity (Wildman–Crippen MR) is 163 cm³/mol. The molecule has 10 heteroatoms. The van der Waals surface area contributed by atoms with Gasteiger partial charge in [-0.15, -0.1) is 0 Å². The molecular formula is C34H36N2O8. The molecule has 2 fully saturated rings. The Morgan fingerprint density at radius 3 is 1.43 bits per heavy atom. The van der Waals surface area contributed by atoms with Crippen LogP contribution in [0.25, 0.3) is 45.1 Å². The number of hydrogen-bond donors (Lipinski definition) is 0. The van der Waals surface area contributed by atoms with Crippen LogP contribution in [0.15, 0.2) is 69.5 Å². The maximum absolute atomic E-state index is 6.08. The highest BCUT2D eigenvalue weighted by Crippen LogP contribution is 2.32. The van der Waals surface area contributed by atoms with Crippen LogP contribution in [0.5, 0.6) is 11.5 Å². The average molecular weight is 601 g/mol. The molecule has 0 amide bonds. The number of epoxide rings is 2. The minimum Gasteiger partial charge on any atom is -0.494 e. The molecule has 10 nitrogen and oxygen atoms in total. The Morgan fingerprint density at radius 1 is 0.568 bits per heavy atom. The smallest absolute Gasteiger partial charge is 0.227 e. The maximum atomic E-state index is 6.08. The summed E-state index contributed by atoms with van der Waals surface area (Å²) >= 11 is 0. The number of aromatic nitrogens is 2. The predicted octanol–water partition coefficient (Wildman–Crippen LogP) is 6.45. The van der Waals surface area contributed by atoms with E-state index in [0.717, 1.165) is 85.8 Å². The summed E-state index contributed by atoms with van der Waals surface area (Å²) in [6.45, 7) is 5.81. The number of unbranched alkanes of at least 4 members (excludes halogenated alkanes) is 2. The minimum atomic E-state index is 0.316. The second-order valence-electron chi connectivity index (χ2n) is 11.0. The summed E-state index contributed by atoms with van der Waals surface area (Å²) in [6.07, 6.45) is 4.42. The molecule has 4 heterocycles. The van der Waals surface area contributed by atoms with Crippen molar-refractivity contribution in [2.45, 2.75) is 37.9 Å². The van der Waals surface area contributed by atoms with Gasteiger partial charge in [-0.3, -0.25) is 0 Å². The molecule has 0 bridgehead atoms. The van der Waals surface area contributed by atoms with Crippen molar-refractivity contribution in [1.82, 2.24) is 9.97 Å². The Balaban J connectivity index is 0.899. The average Bonchev–Trinajstić information content (AvgIpc) is 3.98. The number of rotatable bonds is 18. The van der Waals surface area contributed by atoms with Gasteiger partial charge in [-0.25, -0.2) is 9.97 Å². The zero-order valence-electron chi connectivity index (χ0n) is 24.6. The molecule has 2 aliphatic rings. The van der Waals surface area contributed by atoms with E-state index in [1.807, 2.05) is 60.7 Å². The molecule has 2 aliphatic heterocycles. The van der Waals surface area contributed by atoms with Gasteiger partial charge >= 0.3 is 0 Å². The van der Waals surface area contributed by atoms with Crippen molar-refractivity contribution >= 4 is 22.2 Å². The molecule has 2 atom stereocenters. The van der Waals surface area contributed by atoms with Gasteiger partial charge in [0.2, 0.25) is 11.8 Å². The van der Waals surface area contributed by atoms with Gasteiger partial charge in [-0.2, -0.15) is 0 Å². The highest BCUT2D eigenvalue weighted by molar-refractivity contribution is 5.91. The first-order valence-electron chi connectivity index (χ1n) is 15.3. The third-order valence-corrected chi connectivity index (χ3v) is 7.42. The number of benzene rings is 3. The molecular weight excluding hydrogens is 564 g/mol. The molecule has 0 aliphatic carbocycles. The van der Waals surface area contributed by atoms with E-state index in [1.165, 1.54) is 0 Å². The summed E-state index contributed by atoms with van der Waals surface area (Å²) in [5, 5.41) is 0. The molecule has 0 saturated carbocycles. The topological polar surface area (TPSA) is 114 Å². The van der Waals surface area contributed by atoms with Crippen LogP contribution < -0.4 is 9.47 Å². The van der Waals surface area contributed by atoms with Gasteiger partial charge < -0.3 is 37.3 Å². The van der Waals surface area contributed by atoms with Gasteiger partial charge in [0.25, 0.3) is 0 Å². The van der Waals surface area contributed by atoms with Gasteiger partial charge in [-0.05, 0) is 80.3 Å². The van der Waals surface area contributed by atoms with Crippen LogP contribution in [0.4, 0.5) is 0 Å². The SMILES string of the molecule is c1cc(-c2nc3cc4nc(-c5ccc(OCCCCOCC6CO6)cc5)oc4cc3o2)ccc1OCCCCOCC1CO1.